The van der Waals surface area contributed by atoms with E-state index in [9.17, 15) is 23.3 Å². The Hall–Kier alpha value is -1.87. The van der Waals surface area contributed by atoms with Gasteiger partial charge in [-0.2, -0.15) is 13.2 Å². The molecule has 0 radical (unpaired) electrons. The lowest BCUT2D eigenvalue weighted by molar-refractivity contribution is -0.384. The van der Waals surface area contributed by atoms with Crippen LogP contribution in [0.1, 0.15) is 10.6 Å². The molecule has 1 aromatic heterocycles. The molecule has 0 fully saturated rings. The van der Waals surface area contributed by atoms with Gasteiger partial charge in [0.15, 0.2) is 0 Å². The number of nitrogens with zero attached hydrogens (tertiary/aromatic N) is 3. The monoisotopic (exact) mass is 365 g/mol. The highest BCUT2D eigenvalue weighted by Crippen LogP contribution is 2.41. The van der Waals surface area contributed by atoms with E-state index in [0.717, 1.165) is 11.1 Å². The second-order valence-electron chi connectivity index (χ2n) is 4.67. The Morgan fingerprint density at radius 2 is 2.13 bits per heavy atom. The molecule has 0 N–H and O–H groups in total. The van der Waals surface area contributed by atoms with Crippen molar-refractivity contribution in [2.75, 3.05) is 18.5 Å². The molecular weight excluding hydrogens is 355 g/mol. The first-order chi connectivity index (χ1) is 10.7. The Morgan fingerprint density at radius 1 is 1.43 bits per heavy atom. The molecule has 1 aromatic carbocycles. The summed E-state index contributed by atoms with van der Waals surface area (Å²) in [6.45, 7) is 0.357. The van der Waals surface area contributed by atoms with Gasteiger partial charge in [-0.3, -0.25) is 10.1 Å². The van der Waals surface area contributed by atoms with Gasteiger partial charge in [0.05, 0.1) is 20.5 Å². The molecule has 0 saturated heterocycles. The number of hydrogen-bond acceptors (Lipinski definition) is 5. The van der Waals surface area contributed by atoms with E-state index in [1.54, 1.807) is 18.6 Å². The Kier molecular flexibility index (Phi) is 5.10. The molecule has 0 amide bonds. The molecule has 0 saturated carbocycles. The van der Waals surface area contributed by atoms with Gasteiger partial charge in [0.1, 0.15) is 5.69 Å². The molecule has 0 atom stereocenters. The minimum absolute atomic E-state index is 0.0320. The first-order valence-electron chi connectivity index (χ1n) is 6.34. The van der Waals surface area contributed by atoms with Gasteiger partial charge in [0.25, 0.3) is 5.69 Å². The van der Waals surface area contributed by atoms with Crippen LogP contribution in [0, 0.1) is 10.1 Å². The summed E-state index contributed by atoms with van der Waals surface area (Å²) in [6.07, 6.45) is -2.60. The molecule has 0 unspecified atom stereocenters. The summed E-state index contributed by atoms with van der Waals surface area (Å²) in [7, 11) is 1.56. The number of thiazole rings is 1. The summed E-state index contributed by atoms with van der Waals surface area (Å²) < 4.78 is 38.5. The van der Waals surface area contributed by atoms with E-state index in [1.807, 2.05) is 0 Å². The molecule has 0 bridgehead atoms. The summed E-state index contributed by atoms with van der Waals surface area (Å²) >= 11 is 7.09. The smallest absolute Gasteiger partial charge is 0.369 e. The van der Waals surface area contributed by atoms with E-state index < -0.39 is 27.4 Å². The number of hydrogen-bond donors (Lipinski definition) is 0. The Labute approximate surface area is 138 Å². The average molecular weight is 366 g/mol. The van der Waals surface area contributed by atoms with Crippen LogP contribution in [0.15, 0.2) is 23.7 Å². The second kappa shape index (κ2) is 6.71. The summed E-state index contributed by atoms with van der Waals surface area (Å²) in [5, 5.41) is 13.2. The van der Waals surface area contributed by atoms with Gasteiger partial charge in [-0.15, -0.1) is 11.3 Å². The predicted octanol–water partition coefficient (Wildman–Crippen LogP) is 4.40. The van der Waals surface area contributed by atoms with Crippen molar-refractivity contribution in [2.45, 2.75) is 12.6 Å². The summed E-state index contributed by atoms with van der Waals surface area (Å²) in [5.41, 5.74) is -1.82. The molecule has 0 aliphatic heterocycles. The fourth-order valence-electron chi connectivity index (χ4n) is 1.98. The van der Waals surface area contributed by atoms with Crippen molar-refractivity contribution in [1.82, 2.24) is 4.98 Å². The zero-order chi connectivity index (χ0) is 17.2. The lowest BCUT2D eigenvalue weighted by Gasteiger charge is -2.20. The van der Waals surface area contributed by atoms with Crippen molar-refractivity contribution < 1.29 is 18.1 Å². The van der Waals surface area contributed by atoms with Crippen LogP contribution in [0.4, 0.5) is 24.5 Å². The Morgan fingerprint density at radius 3 is 2.65 bits per heavy atom. The molecule has 124 valence electrons. The normalized spacial score (nSPS) is 11.5. The molecule has 2 aromatic rings. The number of aromatic nitrogens is 1. The minimum Gasteiger partial charge on any atom is -0.369 e. The van der Waals surface area contributed by atoms with Gasteiger partial charge < -0.3 is 4.90 Å². The molecule has 5 nitrogen and oxygen atoms in total. The number of nitro groups is 1. The third-order valence-electron chi connectivity index (χ3n) is 3.12. The number of alkyl halides is 3. The first-order valence-corrected chi connectivity index (χ1v) is 7.60. The number of anilines is 1. The van der Waals surface area contributed by atoms with E-state index in [-0.39, 0.29) is 5.69 Å². The van der Waals surface area contributed by atoms with Crippen molar-refractivity contribution in [1.29, 1.82) is 0 Å². The number of benzene rings is 1. The molecule has 23 heavy (non-hydrogen) atoms. The molecule has 0 spiro atoms. The molecule has 0 aliphatic rings. The number of nitro benzene ring substituents is 1. The summed E-state index contributed by atoms with van der Waals surface area (Å²) in [5.74, 6) is 0. The van der Waals surface area contributed by atoms with Crippen LogP contribution in [-0.4, -0.2) is 23.5 Å². The van der Waals surface area contributed by atoms with Crippen LogP contribution >= 0.6 is 22.9 Å². The standard InChI is InChI=1S/C13H11ClF3N3O2S/c1-19(4-2-12-18-3-5-23-12)10-7-9(14)8(13(15,16)17)6-11(10)20(21)22/h3,5-7H,2,4H2,1H3. The summed E-state index contributed by atoms with van der Waals surface area (Å²) in [4.78, 5) is 15.8. The first kappa shape index (κ1) is 17.5. The molecule has 2 rings (SSSR count). The largest absolute Gasteiger partial charge is 0.418 e. The van der Waals surface area contributed by atoms with Gasteiger partial charge in [-0.05, 0) is 6.07 Å². The quantitative estimate of drug-likeness (QED) is 0.582. The molecule has 0 aliphatic carbocycles. The van der Waals surface area contributed by atoms with Crippen molar-refractivity contribution >= 4 is 34.3 Å². The Bertz CT molecular complexity index is 707. The topological polar surface area (TPSA) is 59.3 Å². The third kappa shape index (κ3) is 4.11. The van der Waals surface area contributed by atoms with E-state index in [1.165, 1.54) is 16.2 Å². The van der Waals surface area contributed by atoms with Gasteiger partial charge in [0, 0.05) is 37.7 Å². The number of rotatable bonds is 5. The third-order valence-corrected chi connectivity index (χ3v) is 4.27. The highest BCUT2D eigenvalue weighted by Gasteiger charge is 2.36. The zero-order valence-corrected chi connectivity index (χ0v) is 13.4. The van der Waals surface area contributed by atoms with Crippen LogP contribution in [0.2, 0.25) is 5.02 Å². The van der Waals surface area contributed by atoms with E-state index in [4.69, 9.17) is 11.6 Å². The molecular formula is C13H11ClF3N3O2S. The van der Waals surface area contributed by atoms with Gasteiger partial charge >= 0.3 is 6.18 Å². The van der Waals surface area contributed by atoms with Crippen molar-refractivity contribution in [2.24, 2.45) is 0 Å². The van der Waals surface area contributed by atoms with Crippen molar-refractivity contribution in [3.63, 3.8) is 0 Å². The fraction of sp³-hybridized carbons (Fsp3) is 0.308. The zero-order valence-electron chi connectivity index (χ0n) is 11.8. The molecule has 1 heterocycles. The van der Waals surface area contributed by atoms with Crippen LogP contribution in [-0.2, 0) is 12.6 Å². The highest BCUT2D eigenvalue weighted by molar-refractivity contribution is 7.09. The number of halogens is 4. The van der Waals surface area contributed by atoms with Gasteiger partial charge in [0.2, 0.25) is 0 Å². The number of likely N-dealkylation sites (N-methyl/N-ethyl adjacent to an activating group) is 1. The summed E-state index contributed by atoms with van der Waals surface area (Å²) in [6, 6.07) is 1.45. The van der Waals surface area contributed by atoms with E-state index >= 15 is 0 Å². The van der Waals surface area contributed by atoms with Crippen molar-refractivity contribution in [3.8, 4) is 0 Å². The fourth-order valence-corrected chi connectivity index (χ4v) is 2.86. The van der Waals surface area contributed by atoms with E-state index in [2.05, 4.69) is 4.98 Å². The van der Waals surface area contributed by atoms with Crippen LogP contribution < -0.4 is 4.90 Å². The van der Waals surface area contributed by atoms with E-state index in [0.29, 0.717) is 19.0 Å². The highest BCUT2D eigenvalue weighted by atomic mass is 35.5. The minimum atomic E-state index is -4.75. The maximum Gasteiger partial charge on any atom is 0.418 e. The lowest BCUT2D eigenvalue weighted by Crippen LogP contribution is -2.22. The second-order valence-corrected chi connectivity index (χ2v) is 6.06. The SMILES string of the molecule is CN(CCc1nccs1)c1cc(Cl)c(C(F)(F)F)cc1[N+](=O)[O-]. The van der Waals surface area contributed by atoms with Crippen LogP contribution in [0.25, 0.3) is 0 Å². The van der Waals surface area contributed by atoms with Gasteiger partial charge in [-0.25, -0.2) is 4.98 Å². The predicted molar refractivity (Wildman–Crippen MR) is 82.2 cm³/mol. The lowest BCUT2D eigenvalue weighted by atomic mass is 10.1. The molecule has 10 heteroatoms. The maximum absolute atomic E-state index is 12.8. The van der Waals surface area contributed by atoms with Crippen LogP contribution in [0.5, 0.6) is 0 Å². The Balaban J connectivity index is 2.33. The average Bonchev–Trinajstić information content (AvgIpc) is 2.96. The van der Waals surface area contributed by atoms with Gasteiger partial charge in [-0.1, -0.05) is 11.6 Å². The maximum atomic E-state index is 12.8. The van der Waals surface area contributed by atoms with Crippen LogP contribution in [0.3, 0.4) is 0 Å². The van der Waals surface area contributed by atoms with Crippen molar-refractivity contribution in [3.05, 3.63) is 49.4 Å².